The Morgan fingerprint density at radius 3 is 2.95 bits per heavy atom. The molecule has 0 fully saturated rings. The van der Waals surface area contributed by atoms with E-state index in [1.54, 1.807) is 0 Å². The van der Waals surface area contributed by atoms with Gasteiger partial charge in [0.05, 0.1) is 0 Å². The van der Waals surface area contributed by atoms with E-state index in [-0.39, 0.29) is 0 Å². The van der Waals surface area contributed by atoms with Crippen molar-refractivity contribution < 1.29 is 0 Å². The van der Waals surface area contributed by atoms with Crippen LogP contribution in [0.1, 0.15) is 17.0 Å². The van der Waals surface area contributed by atoms with E-state index in [9.17, 15) is 0 Å². The van der Waals surface area contributed by atoms with Gasteiger partial charge < -0.3 is 5.32 Å². The van der Waals surface area contributed by atoms with Gasteiger partial charge in [-0.1, -0.05) is 35.9 Å². The summed E-state index contributed by atoms with van der Waals surface area (Å²) in [5.41, 5.74) is 3.69. The molecule has 1 aliphatic rings. The van der Waals surface area contributed by atoms with Gasteiger partial charge in [-0.05, 0) is 36.2 Å². The molecule has 1 atom stereocenters. The van der Waals surface area contributed by atoms with Crippen LogP contribution in [-0.2, 0) is 0 Å². The van der Waals surface area contributed by atoms with Crippen LogP contribution in [0, 0.1) is 6.92 Å². The van der Waals surface area contributed by atoms with Crippen molar-refractivity contribution in [3.05, 3.63) is 58.6 Å². The summed E-state index contributed by atoms with van der Waals surface area (Å²) in [5, 5.41) is 4.32. The zero-order valence-corrected chi connectivity index (χ0v) is 12.4. The minimum Gasteiger partial charge on any atom is -0.384 e. The Balaban J connectivity index is 1.69. The smallest absolute Gasteiger partial charge is 0.0455 e. The van der Waals surface area contributed by atoms with E-state index >= 15 is 0 Å². The number of nitrogens with one attached hydrogen (secondary N) is 1. The van der Waals surface area contributed by atoms with Gasteiger partial charge in [0.25, 0.3) is 0 Å². The molecule has 1 aliphatic heterocycles. The number of halogens is 1. The van der Waals surface area contributed by atoms with Crippen molar-refractivity contribution in [2.75, 3.05) is 17.6 Å². The second-order valence-electron chi connectivity index (χ2n) is 4.89. The highest BCUT2D eigenvalue weighted by Crippen LogP contribution is 2.39. The van der Waals surface area contributed by atoms with Crippen molar-refractivity contribution in [2.24, 2.45) is 0 Å². The summed E-state index contributed by atoms with van der Waals surface area (Å²) in [6, 6.07) is 14.8. The van der Waals surface area contributed by atoms with Crippen LogP contribution in [-0.4, -0.2) is 12.3 Å². The normalized spacial score (nSPS) is 17.3. The molecule has 98 valence electrons. The van der Waals surface area contributed by atoms with Gasteiger partial charge in [0, 0.05) is 33.8 Å². The molecule has 1 nitrogen and oxygen atoms in total. The molecule has 0 saturated heterocycles. The maximum atomic E-state index is 6.15. The van der Waals surface area contributed by atoms with Crippen LogP contribution >= 0.6 is 23.4 Å². The Morgan fingerprint density at radius 2 is 2.11 bits per heavy atom. The fourth-order valence-electron chi connectivity index (χ4n) is 2.34. The van der Waals surface area contributed by atoms with Crippen LogP contribution in [0.25, 0.3) is 0 Å². The lowest BCUT2D eigenvalue weighted by Crippen LogP contribution is -2.12. The first-order chi connectivity index (χ1) is 9.24. The van der Waals surface area contributed by atoms with Crippen LogP contribution in [0.2, 0.25) is 5.02 Å². The van der Waals surface area contributed by atoms with E-state index in [0.29, 0.717) is 5.92 Å². The molecule has 1 unspecified atom stereocenters. The number of aryl methyl sites for hydroxylation is 1. The quantitative estimate of drug-likeness (QED) is 0.858. The first-order valence-electron chi connectivity index (χ1n) is 6.46. The summed E-state index contributed by atoms with van der Waals surface area (Å²) in [5.74, 6) is 1.74. The summed E-state index contributed by atoms with van der Waals surface area (Å²) >= 11 is 8.10. The second kappa shape index (κ2) is 5.48. The molecule has 0 bridgehead atoms. The van der Waals surface area contributed by atoms with Crippen molar-refractivity contribution in [1.29, 1.82) is 0 Å². The molecule has 3 rings (SSSR count). The largest absolute Gasteiger partial charge is 0.384 e. The van der Waals surface area contributed by atoms with Gasteiger partial charge in [-0.25, -0.2) is 0 Å². The maximum absolute atomic E-state index is 6.15. The summed E-state index contributed by atoms with van der Waals surface area (Å²) in [6.45, 7) is 2.99. The van der Waals surface area contributed by atoms with E-state index in [4.69, 9.17) is 11.6 Å². The van der Waals surface area contributed by atoms with Crippen molar-refractivity contribution >= 4 is 29.1 Å². The predicted octanol–water partition coefficient (Wildman–Crippen LogP) is 4.95. The molecule has 0 aliphatic carbocycles. The Kier molecular flexibility index (Phi) is 3.72. The van der Waals surface area contributed by atoms with Crippen LogP contribution in [0.15, 0.2) is 47.4 Å². The van der Waals surface area contributed by atoms with Gasteiger partial charge in [0.15, 0.2) is 0 Å². The Labute approximate surface area is 123 Å². The van der Waals surface area contributed by atoms with Crippen LogP contribution in [0.4, 0.5) is 5.69 Å². The summed E-state index contributed by atoms with van der Waals surface area (Å²) in [4.78, 5) is 1.43. The van der Waals surface area contributed by atoms with Gasteiger partial charge in [-0.15, -0.1) is 11.8 Å². The summed E-state index contributed by atoms with van der Waals surface area (Å²) in [7, 11) is 0. The van der Waals surface area contributed by atoms with Gasteiger partial charge in [-0.2, -0.15) is 0 Å². The highest BCUT2D eigenvalue weighted by atomic mass is 35.5. The maximum Gasteiger partial charge on any atom is 0.0455 e. The van der Waals surface area contributed by atoms with Gasteiger partial charge in [0.1, 0.15) is 0 Å². The molecule has 0 amide bonds. The molecule has 0 radical (unpaired) electrons. The molecule has 19 heavy (non-hydrogen) atoms. The third-order valence-electron chi connectivity index (χ3n) is 3.52. The van der Waals surface area contributed by atoms with Crippen molar-refractivity contribution in [3.63, 3.8) is 0 Å². The topological polar surface area (TPSA) is 12.0 Å². The van der Waals surface area contributed by atoms with Crippen LogP contribution < -0.4 is 5.32 Å². The predicted molar refractivity (Wildman–Crippen MR) is 84.6 cm³/mol. The van der Waals surface area contributed by atoms with E-state index in [0.717, 1.165) is 28.6 Å². The van der Waals surface area contributed by atoms with E-state index < -0.39 is 0 Å². The van der Waals surface area contributed by atoms with Gasteiger partial charge >= 0.3 is 0 Å². The molecule has 0 aromatic heterocycles. The highest BCUT2D eigenvalue weighted by molar-refractivity contribution is 7.99. The zero-order valence-electron chi connectivity index (χ0n) is 10.8. The summed E-state index contributed by atoms with van der Waals surface area (Å²) < 4.78 is 0. The number of benzene rings is 2. The molecule has 3 heteroatoms. The molecule has 0 saturated carbocycles. The van der Waals surface area contributed by atoms with Crippen molar-refractivity contribution in [3.8, 4) is 0 Å². The molecule has 1 N–H and O–H groups in total. The van der Waals surface area contributed by atoms with Crippen LogP contribution in [0.3, 0.4) is 0 Å². The third kappa shape index (κ3) is 2.75. The lowest BCUT2D eigenvalue weighted by atomic mass is 10.0. The lowest BCUT2D eigenvalue weighted by Gasteiger charge is -2.13. The Morgan fingerprint density at radius 1 is 1.26 bits per heavy atom. The van der Waals surface area contributed by atoms with Crippen LogP contribution in [0.5, 0.6) is 0 Å². The summed E-state index contributed by atoms with van der Waals surface area (Å²) in [6.07, 6.45) is 0. The van der Waals surface area contributed by atoms with E-state index in [2.05, 4.69) is 41.7 Å². The number of hydrogen-bond acceptors (Lipinski definition) is 2. The number of thioether (sulfide) groups is 1. The molecule has 2 aromatic carbocycles. The molecular formula is C16H16ClNS. The van der Waals surface area contributed by atoms with Crippen molar-refractivity contribution in [2.45, 2.75) is 17.7 Å². The number of hydrogen-bond donors (Lipinski definition) is 1. The molecule has 1 heterocycles. The third-order valence-corrected chi connectivity index (χ3v) is 5.18. The molecule has 2 aromatic rings. The van der Waals surface area contributed by atoms with E-state index in [1.165, 1.54) is 10.5 Å². The number of rotatable bonds is 3. The van der Waals surface area contributed by atoms with Gasteiger partial charge in [0.2, 0.25) is 0 Å². The first-order valence-corrected chi connectivity index (χ1v) is 7.82. The highest BCUT2D eigenvalue weighted by Gasteiger charge is 2.22. The molecular weight excluding hydrogens is 274 g/mol. The minimum atomic E-state index is 0.585. The lowest BCUT2D eigenvalue weighted by molar-refractivity contribution is 0.819. The fraction of sp³-hybridized carbons (Fsp3) is 0.250. The SMILES string of the molecule is Cc1ccc(NCC2CSc3ccccc32)cc1Cl. The van der Waals surface area contributed by atoms with Gasteiger partial charge in [-0.3, -0.25) is 0 Å². The Bertz CT molecular complexity index is 597. The second-order valence-corrected chi connectivity index (χ2v) is 6.36. The monoisotopic (exact) mass is 289 g/mol. The van der Waals surface area contributed by atoms with Crippen molar-refractivity contribution in [1.82, 2.24) is 0 Å². The number of fused-ring (bicyclic) bond motifs is 1. The van der Waals surface area contributed by atoms with E-state index in [1.807, 2.05) is 24.8 Å². The minimum absolute atomic E-state index is 0.585. The average molecular weight is 290 g/mol. The first kappa shape index (κ1) is 12.9. The fourth-order valence-corrected chi connectivity index (χ4v) is 3.78. The standard InChI is InChI=1S/C16H16ClNS/c1-11-6-7-13(8-15(11)17)18-9-12-10-19-16-5-3-2-4-14(12)16/h2-8,12,18H,9-10H2,1H3. The zero-order chi connectivity index (χ0) is 13.2. The number of anilines is 1. The molecule has 0 spiro atoms. The Hall–Kier alpha value is -1.12. The average Bonchev–Trinajstić information content (AvgIpc) is 2.83.